The summed E-state index contributed by atoms with van der Waals surface area (Å²) < 4.78 is 0. The smallest absolute Gasteiger partial charge is 0.328 e. The van der Waals surface area contributed by atoms with E-state index in [2.05, 4.69) is 5.32 Å². The molecule has 1 rings (SSSR count). The summed E-state index contributed by atoms with van der Waals surface area (Å²) in [5.74, 6) is -1.25. The van der Waals surface area contributed by atoms with Gasteiger partial charge in [-0.2, -0.15) is 0 Å². The Kier molecular flexibility index (Phi) is 5.46. The molecule has 0 fully saturated rings. The summed E-state index contributed by atoms with van der Waals surface area (Å²) in [5.41, 5.74) is 6.43. The molecule has 0 atom stereocenters. The topological polar surface area (TPSA) is 92.4 Å². The van der Waals surface area contributed by atoms with Crippen LogP contribution in [0.4, 0.5) is 5.69 Å². The average molecular weight is 276 g/mol. The van der Waals surface area contributed by atoms with Crippen molar-refractivity contribution in [2.75, 3.05) is 5.32 Å². The van der Waals surface area contributed by atoms with Gasteiger partial charge in [0.2, 0.25) is 5.91 Å². The van der Waals surface area contributed by atoms with Crippen molar-refractivity contribution in [2.24, 2.45) is 5.73 Å². The van der Waals surface area contributed by atoms with Crippen molar-refractivity contribution in [3.8, 4) is 0 Å². The first-order chi connectivity index (χ1) is 9.41. The monoisotopic (exact) mass is 276 g/mol. The Balaban J connectivity index is 2.86. The molecule has 0 unspecified atom stereocenters. The number of hydrogen-bond donors (Lipinski definition) is 3. The molecule has 0 aliphatic rings. The summed E-state index contributed by atoms with van der Waals surface area (Å²) in [4.78, 5) is 22.6. The molecule has 0 saturated carbocycles. The molecule has 4 N–H and O–H groups in total. The first-order valence-electron chi connectivity index (χ1n) is 6.52. The maximum Gasteiger partial charge on any atom is 0.328 e. The number of rotatable bonds is 6. The number of carboxylic acids is 1. The lowest BCUT2D eigenvalue weighted by atomic mass is 9.93. The molecule has 5 heteroatoms. The Morgan fingerprint density at radius 1 is 1.35 bits per heavy atom. The van der Waals surface area contributed by atoms with Gasteiger partial charge in [-0.1, -0.05) is 26.0 Å². The zero-order valence-corrected chi connectivity index (χ0v) is 11.7. The van der Waals surface area contributed by atoms with Crippen molar-refractivity contribution in [1.82, 2.24) is 0 Å². The lowest BCUT2D eigenvalue weighted by molar-refractivity contribution is -0.131. The zero-order chi connectivity index (χ0) is 15.2. The average Bonchev–Trinajstić information content (AvgIpc) is 2.44. The highest BCUT2D eigenvalue weighted by molar-refractivity contribution is 5.98. The first-order valence-corrected chi connectivity index (χ1v) is 6.52. The third-order valence-electron chi connectivity index (χ3n) is 3.28. The number of carboxylic acid groups (broad SMARTS) is 1. The fraction of sp³-hybridized carbons (Fsp3) is 0.333. The van der Waals surface area contributed by atoms with Gasteiger partial charge in [0.1, 0.15) is 0 Å². The summed E-state index contributed by atoms with van der Waals surface area (Å²) >= 11 is 0. The Morgan fingerprint density at radius 2 is 2.00 bits per heavy atom. The molecule has 0 bridgehead atoms. The van der Waals surface area contributed by atoms with E-state index >= 15 is 0 Å². The molecule has 1 aromatic carbocycles. The van der Waals surface area contributed by atoms with E-state index in [9.17, 15) is 9.59 Å². The van der Waals surface area contributed by atoms with Gasteiger partial charge in [-0.3, -0.25) is 4.79 Å². The third kappa shape index (κ3) is 4.20. The van der Waals surface area contributed by atoms with Gasteiger partial charge >= 0.3 is 5.97 Å². The van der Waals surface area contributed by atoms with E-state index in [0.29, 0.717) is 24.1 Å². The summed E-state index contributed by atoms with van der Waals surface area (Å²) in [6.45, 7) is 3.74. The van der Waals surface area contributed by atoms with Crippen LogP contribution in [0, 0.1) is 0 Å². The number of nitrogens with two attached hydrogens (primary N) is 1. The summed E-state index contributed by atoms with van der Waals surface area (Å²) in [7, 11) is 0. The lowest BCUT2D eigenvalue weighted by Gasteiger charge is -2.25. The second-order valence-electron chi connectivity index (χ2n) is 4.61. The molecule has 0 heterocycles. The SMILES string of the molecule is CCC(N)(CC)C(=O)Nc1cccc(/C=C/C(=O)O)c1. The number of aliphatic carboxylic acids is 1. The number of carbonyl (C=O) groups excluding carboxylic acids is 1. The quantitative estimate of drug-likeness (QED) is 0.695. The molecule has 20 heavy (non-hydrogen) atoms. The Labute approximate surface area is 118 Å². The van der Waals surface area contributed by atoms with Crippen molar-refractivity contribution < 1.29 is 14.7 Å². The lowest BCUT2D eigenvalue weighted by Crippen LogP contribution is -2.50. The van der Waals surface area contributed by atoms with Gasteiger partial charge in [-0.05, 0) is 36.6 Å². The van der Waals surface area contributed by atoms with E-state index in [-0.39, 0.29) is 5.91 Å². The van der Waals surface area contributed by atoms with Crippen molar-refractivity contribution >= 4 is 23.6 Å². The van der Waals surface area contributed by atoms with Crippen LogP contribution in [0.5, 0.6) is 0 Å². The number of hydrogen-bond acceptors (Lipinski definition) is 3. The Bertz CT molecular complexity index is 520. The number of carbonyl (C=O) groups is 2. The van der Waals surface area contributed by atoms with Gasteiger partial charge in [0.15, 0.2) is 0 Å². The standard InChI is InChI=1S/C15H20N2O3/c1-3-15(16,4-2)14(20)17-12-7-5-6-11(10-12)8-9-13(18)19/h5-10H,3-4,16H2,1-2H3,(H,17,20)(H,18,19)/b9-8+. The number of amides is 1. The molecule has 0 aromatic heterocycles. The molecule has 0 spiro atoms. The molecule has 0 aliphatic heterocycles. The van der Waals surface area contributed by atoms with Crippen molar-refractivity contribution in [1.29, 1.82) is 0 Å². The van der Waals surface area contributed by atoms with Crippen LogP contribution in [0.2, 0.25) is 0 Å². The largest absolute Gasteiger partial charge is 0.478 e. The summed E-state index contributed by atoms with van der Waals surface area (Å²) in [6.07, 6.45) is 3.61. The van der Waals surface area contributed by atoms with E-state index in [1.54, 1.807) is 24.3 Å². The zero-order valence-electron chi connectivity index (χ0n) is 11.7. The second kappa shape index (κ2) is 6.86. The predicted octanol–water partition coefficient (Wildman–Crippen LogP) is 2.24. The number of benzene rings is 1. The van der Waals surface area contributed by atoms with Gasteiger partial charge in [-0.25, -0.2) is 4.79 Å². The Morgan fingerprint density at radius 3 is 2.55 bits per heavy atom. The number of nitrogens with one attached hydrogen (secondary N) is 1. The maximum atomic E-state index is 12.1. The van der Waals surface area contributed by atoms with Crippen LogP contribution in [0.3, 0.4) is 0 Å². The highest BCUT2D eigenvalue weighted by Crippen LogP contribution is 2.17. The molecule has 1 aromatic rings. The van der Waals surface area contributed by atoms with E-state index in [1.165, 1.54) is 6.08 Å². The fourth-order valence-electron chi connectivity index (χ4n) is 1.71. The van der Waals surface area contributed by atoms with E-state index in [0.717, 1.165) is 6.08 Å². The van der Waals surface area contributed by atoms with Gasteiger partial charge in [-0.15, -0.1) is 0 Å². The van der Waals surface area contributed by atoms with E-state index in [4.69, 9.17) is 10.8 Å². The normalized spacial score (nSPS) is 11.6. The van der Waals surface area contributed by atoms with Crippen molar-refractivity contribution in [3.05, 3.63) is 35.9 Å². The minimum absolute atomic E-state index is 0.234. The minimum Gasteiger partial charge on any atom is -0.478 e. The van der Waals surface area contributed by atoms with Gasteiger partial charge < -0.3 is 16.2 Å². The first kappa shape index (κ1) is 15.9. The van der Waals surface area contributed by atoms with Crippen LogP contribution in [0.15, 0.2) is 30.3 Å². The van der Waals surface area contributed by atoms with E-state index in [1.807, 2.05) is 13.8 Å². The molecule has 5 nitrogen and oxygen atoms in total. The minimum atomic E-state index is -1.02. The van der Waals surface area contributed by atoms with Crippen molar-refractivity contribution in [3.63, 3.8) is 0 Å². The molecule has 0 radical (unpaired) electrons. The van der Waals surface area contributed by atoms with Crippen LogP contribution in [0.1, 0.15) is 32.3 Å². The summed E-state index contributed by atoms with van der Waals surface area (Å²) in [6, 6.07) is 6.93. The molecule has 108 valence electrons. The van der Waals surface area contributed by atoms with Crippen LogP contribution >= 0.6 is 0 Å². The van der Waals surface area contributed by atoms with Crippen LogP contribution in [-0.4, -0.2) is 22.5 Å². The van der Waals surface area contributed by atoms with Crippen LogP contribution < -0.4 is 11.1 Å². The van der Waals surface area contributed by atoms with Crippen LogP contribution in [0.25, 0.3) is 6.08 Å². The molecule has 1 amide bonds. The van der Waals surface area contributed by atoms with E-state index < -0.39 is 11.5 Å². The third-order valence-corrected chi connectivity index (χ3v) is 3.28. The molecular formula is C15H20N2O3. The highest BCUT2D eigenvalue weighted by Gasteiger charge is 2.29. The maximum absolute atomic E-state index is 12.1. The highest BCUT2D eigenvalue weighted by atomic mass is 16.4. The van der Waals surface area contributed by atoms with Gasteiger partial charge in [0.25, 0.3) is 0 Å². The van der Waals surface area contributed by atoms with Crippen LogP contribution in [-0.2, 0) is 9.59 Å². The second-order valence-corrected chi connectivity index (χ2v) is 4.61. The molecule has 0 aliphatic carbocycles. The molecule has 0 saturated heterocycles. The predicted molar refractivity (Wildman–Crippen MR) is 79.2 cm³/mol. The summed E-state index contributed by atoms with van der Waals surface area (Å²) in [5, 5.41) is 11.4. The van der Waals surface area contributed by atoms with Gasteiger partial charge in [0, 0.05) is 11.8 Å². The molecular weight excluding hydrogens is 256 g/mol. The van der Waals surface area contributed by atoms with Gasteiger partial charge in [0.05, 0.1) is 5.54 Å². The van der Waals surface area contributed by atoms with Crippen molar-refractivity contribution in [2.45, 2.75) is 32.2 Å². The Hall–Kier alpha value is -2.14. The number of anilines is 1. The fourth-order valence-corrected chi connectivity index (χ4v) is 1.71.